The maximum Gasteiger partial charge on any atom is 0.573 e. The van der Waals surface area contributed by atoms with E-state index in [0.29, 0.717) is 5.56 Å². The van der Waals surface area contributed by atoms with Crippen LogP contribution in [-0.2, 0) is 4.74 Å². The van der Waals surface area contributed by atoms with Gasteiger partial charge in [-0.2, -0.15) is 0 Å². The largest absolute Gasteiger partial charge is 0.573 e. The first kappa shape index (κ1) is 22.9. The van der Waals surface area contributed by atoms with E-state index in [2.05, 4.69) is 25.0 Å². The number of nitrogens with one attached hydrogen (secondary N) is 2. The number of ether oxygens (including phenoxy) is 2. The van der Waals surface area contributed by atoms with Crippen molar-refractivity contribution in [3.63, 3.8) is 0 Å². The number of methoxy groups -OCH3 is 1. The zero-order valence-electron chi connectivity index (χ0n) is 16.4. The second-order valence-electron chi connectivity index (χ2n) is 6.43. The highest BCUT2D eigenvalue weighted by Crippen LogP contribution is 2.28. The third kappa shape index (κ3) is 5.88. The number of aromatic nitrogens is 3. The Balaban J connectivity index is 1.85. The SMILES string of the molecule is COC[C@@H](NC(=O)c1cc(=O)[nH]c(-c2ccncc2)n1)c1ccc(OC(F)(F)F)c(F)c1. The van der Waals surface area contributed by atoms with Crippen LogP contribution in [0, 0.1) is 5.82 Å². The number of halogens is 4. The molecule has 0 aliphatic carbocycles. The van der Waals surface area contributed by atoms with Crippen LogP contribution in [0.1, 0.15) is 22.1 Å². The highest BCUT2D eigenvalue weighted by molar-refractivity contribution is 5.92. The van der Waals surface area contributed by atoms with Gasteiger partial charge in [-0.1, -0.05) is 6.07 Å². The Hall–Kier alpha value is -3.80. The topological polar surface area (TPSA) is 106 Å². The molecule has 0 aliphatic heterocycles. The second kappa shape index (κ2) is 9.56. The van der Waals surface area contributed by atoms with Gasteiger partial charge in [-0.15, -0.1) is 13.2 Å². The summed E-state index contributed by atoms with van der Waals surface area (Å²) in [6.45, 7) is -0.134. The number of hydrogen-bond donors (Lipinski definition) is 2. The van der Waals surface area contributed by atoms with Gasteiger partial charge in [0, 0.05) is 31.1 Å². The Morgan fingerprint density at radius 2 is 1.91 bits per heavy atom. The lowest BCUT2D eigenvalue weighted by molar-refractivity contribution is -0.275. The number of carbonyl (C=O) groups is 1. The summed E-state index contributed by atoms with van der Waals surface area (Å²) in [5.74, 6) is -2.93. The third-order valence-corrected chi connectivity index (χ3v) is 4.15. The summed E-state index contributed by atoms with van der Waals surface area (Å²) in [6.07, 6.45) is -2.09. The van der Waals surface area contributed by atoms with Gasteiger partial charge >= 0.3 is 6.36 Å². The van der Waals surface area contributed by atoms with Crippen LogP contribution in [0.3, 0.4) is 0 Å². The third-order valence-electron chi connectivity index (χ3n) is 4.15. The molecule has 0 saturated heterocycles. The molecular weight excluding hydrogens is 436 g/mol. The number of hydrogen-bond acceptors (Lipinski definition) is 6. The van der Waals surface area contributed by atoms with Crippen LogP contribution < -0.4 is 15.6 Å². The van der Waals surface area contributed by atoms with Crippen LogP contribution >= 0.6 is 0 Å². The van der Waals surface area contributed by atoms with Gasteiger partial charge in [0.05, 0.1) is 12.6 Å². The molecule has 0 unspecified atom stereocenters. The minimum atomic E-state index is -5.05. The lowest BCUT2D eigenvalue weighted by Gasteiger charge is -2.19. The fourth-order valence-electron chi connectivity index (χ4n) is 2.78. The molecule has 8 nitrogen and oxygen atoms in total. The molecule has 0 aliphatic rings. The normalized spacial score (nSPS) is 12.3. The van der Waals surface area contributed by atoms with Gasteiger partial charge in [0.25, 0.3) is 11.5 Å². The number of amides is 1. The van der Waals surface area contributed by atoms with E-state index in [1.807, 2.05) is 0 Å². The number of benzene rings is 1. The van der Waals surface area contributed by atoms with E-state index in [-0.39, 0.29) is 23.7 Å². The Kier molecular flexibility index (Phi) is 6.83. The first-order valence-corrected chi connectivity index (χ1v) is 9.03. The van der Waals surface area contributed by atoms with Crippen LogP contribution in [0.25, 0.3) is 11.4 Å². The monoisotopic (exact) mass is 452 g/mol. The smallest absolute Gasteiger partial charge is 0.403 e. The van der Waals surface area contributed by atoms with Crippen LogP contribution in [-0.4, -0.2) is 40.9 Å². The molecule has 1 aromatic carbocycles. The van der Waals surface area contributed by atoms with Crippen molar-refractivity contribution in [1.29, 1.82) is 0 Å². The molecule has 3 rings (SSSR count). The Morgan fingerprint density at radius 1 is 1.19 bits per heavy atom. The number of rotatable bonds is 7. The van der Waals surface area contributed by atoms with E-state index in [4.69, 9.17) is 4.74 Å². The molecule has 0 saturated carbocycles. The molecule has 1 atom stereocenters. The number of alkyl halides is 3. The van der Waals surface area contributed by atoms with Crippen molar-refractivity contribution >= 4 is 5.91 Å². The molecule has 12 heteroatoms. The Bertz CT molecular complexity index is 1150. The summed E-state index contributed by atoms with van der Waals surface area (Å²) in [4.78, 5) is 35.2. The molecule has 3 aromatic rings. The average Bonchev–Trinajstić information content (AvgIpc) is 2.74. The maximum atomic E-state index is 14.1. The van der Waals surface area contributed by atoms with Crippen LogP contribution in [0.4, 0.5) is 17.6 Å². The predicted molar refractivity (Wildman–Crippen MR) is 103 cm³/mol. The van der Waals surface area contributed by atoms with Gasteiger partial charge in [0.15, 0.2) is 11.6 Å². The number of carbonyl (C=O) groups excluding carboxylic acids is 1. The Morgan fingerprint density at radius 3 is 2.53 bits per heavy atom. The van der Waals surface area contributed by atoms with Gasteiger partial charge in [0.1, 0.15) is 11.5 Å². The van der Waals surface area contributed by atoms with Crippen molar-refractivity contribution in [2.24, 2.45) is 0 Å². The van der Waals surface area contributed by atoms with Crippen LogP contribution in [0.5, 0.6) is 5.75 Å². The zero-order chi connectivity index (χ0) is 23.3. The van der Waals surface area contributed by atoms with Gasteiger partial charge in [-0.25, -0.2) is 9.37 Å². The van der Waals surface area contributed by atoms with Crippen molar-refractivity contribution in [3.05, 3.63) is 76.2 Å². The summed E-state index contributed by atoms with van der Waals surface area (Å²) >= 11 is 0. The van der Waals surface area contributed by atoms with Gasteiger partial charge < -0.3 is 19.8 Å². The molecule has 0 spiro atoms. The van der Waals surface area contributed by atoms with Crippen molar-refractivity contribution in [3.8, 4) is 17.1 Å². The summed E-state index contributed by atoms with van der Waals surface area (Å²) in [5.41, 5.74) is -0.173. The predicted octanol–water partition coefficient (Wildman–Crippen LogP) is 2.99. The van der Waals surface area contributed by atoms with E-state index in [0.717, 1.165) is 24.3 Å². The minimum Gasteiger partial charge on any atom is -0.403 e. The second-order valence-corrected chi connectivity index (χ2v) is 6.43. The number of H-pyrrole nitrogens is 1. The molecule has 0 radical (unpaired) electrons. The fraction of sp³-hybridized carbons (Fsp3) is 0.200. The number of nitrogens with zero attached hydrogens (tertiary/aromatic N) is 2. The molecular formula is C20H16F4N4O4. The molecule has 2 heterocycles. The van der Waals surface area contributed by atoms with Crippen LogP contribution in [0.15, 0.2) is 53.6 Å². The number of aromatic amines is 1. The fourth-order valence-corrected chi connectivity index (χ4v) is 2.78. The first-order valence-electron chi connectivity index (χ1n) is 9.03. The van der Waals surface area contributed by atoms with Crippen molar-refractivity contribution < 1.29 is 31.8 Å². The van der Waals surface area contributed by atoms with Crippen molar-refractivity contribution in [1.82, 2.24) is 20.3 Å². The molecule has 2 N–H and O–H groups in total. The van der Waals surface area contributed by atoms with E-state index in [1.54, 1.807) is 12.1 Å². The van der Waals surface area contributed by atoms with E-state index in [9.17, 15) is 27.2 Å². The average molecular weight is 452 g/mol. The summed E-state index contributed by atoms with van der Waals surface area (Å²) in [5, 5.41) is 2.53. The molecule has 0 fully saturated rings. The molecule has 168 valence electrons. The van der Waals surface area contributed by atoms with E-state index in [1.165, 1.54) is 19.5 Å². The molecule has 2 aromatic heterocycles. The lowest BCUT2D eigenvalue weighted by Crippen LogP contribution is -2.33. The van der Waals surface area contributed by atoms with E-state index < -0.39 is 35.4 Å². The quantitative estimate of drug-likeness (QED) is 0.534. The standard InChI is InChI=1S/C20H16F4N4O4/c1-31-10-15(12-2-3-16(13(21)8-12)32-20(22,23)24)27-19(30)14-9-17(29)28-18(26-14)11-4-6-25-7-5-11/h2-9,15H,10H2,1H3,(H,27,30)(H,26,28,29)/t15-/m1/s1. The van der Waals surface area contributed by atoms with Crippen molar-refractivity contribution in [2.45, 2.75) is 12.4 Å². The highest BCUT2D eigenvalue weighted by atomic mass is 19.4. The molecule has 1 amide bonds. The van der Waals surface area contributed by atoms with Gasteiger partial charge in [-0.05, 0) is 29.8 Å². The highest BCUT2D eigenvalue weighted by Gasteiger charge is 2.32. The summed E-state index contributed by atoms with van der Waals surface area (Å²) in [6, 6.07) is 5.93. The van der Waals surface area contributed by atoms with Gasteiger partial charge in [-0.3, -0.25) is 14.6 Å². The summed E-state index contributed by atoms with van der Waals surface area (Å²) < 4.78 is 59.7. The van der Waals surface area contributed by atoms with Gasteiger partial charge in [0.2, 0.25) is 0 Å². The minimum absolute atomic E-state index is 0.117. The summed E-state index contributed by atoms with van der Waals surface area (Å²) in [7, 11) is 1.32. The van der Waals surface area contributed by atoms with Crippen molar-refractivity contribution in [2.75, 3.05) is 13.7 Å². The lowest BCUT2D eigenvalue weighted by atomic mass is 10.1. The molecule has 0 bridgehead atoms. The maximum absolute atomic E-state index is 14.1. The molecule has 32 heavy (non-hydrogen) atoms. The van der Waals surface area contributed by atoms with Crippen LogP contribution in [0.2, 0.25) is 0 Å². The zero-order valence-corrected chi connectivity index (χ0v) is 16.4. The van der Waals surface area contributed by atoms with E-state index >= 15 is 0 Å². The Labute approximate surface area is 178 Å². The first-order chi connectivity index (χ1) is 15.2. The number of pyridine rings is 1.